The van der Waals surface area contributed by atoms with Gasteiger partial charge in [0.1, 0.15) is 11.0 Å². The standard InChI is InChI=1S/C32H28ClN3OS2/c1-2-25(33)9-6-10-27-19-29-31(39-27)32(37)36(21-34-29)26-11-12-30-24(17-26)18-28(38-30)20-35-15-13-23(14-16-35)22-7-4-3-5-8-22/h2-12,17-19,21,23H,1,13-16,20H2/b10-6+,25-9+. The van der Waals surface area contributed by atoms with Crippen LogP contribution in [0.2, 0.25) is 0 Å². The highest BCUT2D eigenvalue weighted by atomic mass is 35.5. The summed E-state index contributed by atoms with van der Waals surface area (Å²) in [5.41, 5.74) is 2.95. The number of hydrogen-bond donors (Lipinski definition) is 0. The Balaban J connectivity index is 1.18. The molecule has 1 aliphatic heterocycles. The monoisotopic (exact) mass is 569 g/mol. The molecule has 0 amide bonds. The fourth-order valence-electron chi connectivity index (χ4n) is 5.18. The molecule has 1 fully saturated rings. The van der Waals surface area contributed by atoms with Gasteiger partial charge in [0, 0.05) is 26.0 Å². The van der Waals surface area contributed by atoms with Gasteiger partial charge in [-0.1, -0.05) is 60.7 Å². The van der Waals surface area contributed by atoms with Crippen LogP contribution < -0.4 is 5.56 Å². The van der Waals surface area contributed by atoms with Gasteiger partial charge in [0.05, 0.1) is 11.2 Å². The fraction of sp³-hybridized carbons (Fsp3) is 0.188. The number of nitrogens with zero attached hydrogens (tertiary/aromatic N) is 3. The summed E-state index contributed by atoms with van der Waals surface area (Å²) < 4.78 is 3.53. The smallest absolute Gasteiger partial charge is 0.275 e. The Labute approximate surface area is 240 Å². The molecule has 0 aliphatic carbocycles. The minimum absolute atomic E-state index is 0.0552. The maximum Gasteiger partial charge on any atom is 0.275 e. The van der Waals surface area contributed by atoms with Gasteiger partial charge in [0.15, 0.2) is 0 Å². The molecule has 5 aromatic rings. The predicted octanol–water partition coefficient (Wildman–Crippen LogP) is 8.36. The van der Waals surface area contributed by atoms with Crippen LogP contribution >= 0.6 is 34.3 Å². The van der Waals surface area contributed by atoms with E-state index in [2.05, 4.69) is 65.0 Å². The molecule has 0 radical (unpaired) electrons. The molecule has 196 valence electrons. The van der Waals surface area contributed by atoms with E-state index in [-0.39, 0.29) is 5.56 Å². The first-order valence-electron chi connectivity index (χ1n) is 13.0. The van der Waals surface area contributed by atoms with Gasteiger partial charge in [-0.25, -0.2) is 4.98 Å². The third-order valence-corrected chi connectivity index (χ3v) is 9.69. The van der Waals surface area contributed by atoms with Gasteiger partial charge in [-0.15, -0.1) is 22.7 Å². The third kappa shape index (κ3) is 5.70. The van der Waals surface area contributed by atoms with E-state index in [0.29, 0.717) is 21.2 Å². The number of rotatable bonds is 7. The molecule has 0 atom stereocenters. The van der Waals surface area contributed by atoms with Gasteiger partial charge >= 0.3 is 0 Å². The van der Waals surface area contributed by atoms with Gasteiger partial charge in [0.2, 0.25) is 0 Å². The Morgan fingerprint density at radius 1 is 1.08 bits per heavy atom. The lowest BCUT2D eigenvalue weighted by atomic mass is 9.89. The molecule has 0 unspecified atom stereocenters. The van der Waals surface area contributed by atoms with Gasteiger partial charge in [0.25, 0.3) is 5.56 Å². The average Bonchev–Trinajstić information content (AvgIpc) is 3.57. The highest BCUT2D eigenvalue weighted by Gasteiger charge is 2.21. The van der Waals surface area contributed by atoms with Crippen molar-refractivity contribution in [2.75, 3.05) is 13.1 Å². The average molecular weight is 570 g/mol. The summed E-state index contributed by atoms with van der Waals surface area (Å²) >= 11 is 9.25. The van der Waals surface area contributed by atoms with Crippen LogP contribution in [-0.2, 0) is 6.54 Å². The maximum atomic E-state index is 13.4. The number of likely N-dealkylation sites (tertiary alicyclic amines) is 1. The molecule has 7 heteroatoms. The highest BCUT2D eigenvalue weighted by molar-refractivity contribution is 7.19. The zero-order valence-electron chi connectivity index (χ0n) is 21.4. The molecule has 1 aliphatic rings. The van der Waals surface area contributed by atoms with Gasteiger partial charge in [-0.2, -0.15) is 0 Å². The van der Waals surface area contributed by atoms with Crippen molar-refractivity contribution >= 4 is 60.7 Å². The Kier molecular flexibility index (Phi) is 7.62. The Morgan fingerprint density at radius 3 is 2.69 bits per heavy atom. The van der Waals surface area contributed by atoms with E-state index in [1.165, 1.54) is 44.7 Å². The van der Waals surface area contributed by atoms with E-state index in [0.717, 1.165) is 30.2 Å². The molecular weight excluding hydrogens is 542 g/mol. The number of halogens is 1. The molecule has 0 saturated carbocycles. The predicted molar refractivity (Wildman–Crippen MR) is 167 cm³/mol. The molecule has 0 bridgehead atoms. The van der Waals surface area contributed by atoms with Gasteiger partial charge in [-0.3, -0.25) is 14.3 Å². The lowest BCUT2D eigenvalue weighted by Crippen LogP contribution is -2.32. The van der Waals surface area contributed by atoms with E-state index >= 15 is 0 Å². The molecule has 4 nitrogen and oxygen atoms in total. The van der Waals surface area contributed by atoms with Crippen molar-refractivity contribution in [3.8, 4) is 5.69 Å². The van der Waals surface area contributed by atoms with E-state index < -0.39 is 0 Å². The van der Waals surface area contributed by atoms with Crippen molar-refractivity contribution in [3.63, 3.8) is 0 Å². The quantitative estimate of drug-likeness (QED) is 0.185. The van der Waals surface area contributed by atoms with Crippen LogP contribution in [-0.4, -0.2) is 27.5 Å². The van der Waals surface area contributed by atoms with E-state index in [1.54, 1.807) is 23.0 Å². The van der Waals surface area contributed by atoms with Crippen molar-refractivity contribution in [1.82, 2.24) is 14.5 Å². The second-order valence-electron chi connectivity index (χ2n) is 9.79. The number of aromatic nitrogens is 2. The Hall–Kier alpha value is -3.29. The zero-order valence-corrected chi connectivity index (χ0v) is 23.8. The number of allylic oxidation sites excluding steroid dienone is 4. The molecule has 39 heavy (non-hydrogen) atoms. The molecular formula is C32H28ClN3OS2. The summed E-state index contributed by atoms with van der Waals surface area (Å²) in [5.74, 6) is 0.666. The maximum absolute atomic E-state index is 13.4. The number of fused-ring (bicyclic) bond motifs is 2. The Morgan fingerprint density at radius 2 is 1.90 bits per heavy atom. The van der Waals surface area contributed by atoms with E-state index in [4.69, 9.17) is 11.6 Å². The van der Waals surface area contributed by atoms with Crippen molar-refractivity contribution in [2.45, 2.75) is 25.3 Å². The molecule has 0 spiro atoms. The van der Waals surface area contributed by atoms with Crippen LogP contribution in [0.25, 0.3) is 32.1 Å². The van der Waals surface area contributed by atoms with Crippen LogP contribution in [0, 0.1) is 0 Å². The minimum Gasteiger partial charge on any atom is -0.298 e. The van der Waals surface area contributed by atoms with Crippen molar-refractivity contribution in [3.05, 3.63) is 123 Å². The second-order valence-corrected chi connectivity index (χ2v) is 12.5. The van der Waals surface area contributed by atoms with E-state index in [1.807, 2.05) is 35.6 Å². The molecule has 2 aromatic carbocycles. The largest absolute Gasteiger partial charge is 0.298 e. The minimum atomic E-state index is -0.0552. The number of piperidine rings is 1. The lowest BCUT2D eigenvalue weighted by molar-refractivity contribution is 0.206. The number of benzene rings is 2. The summed E-state index contributed by atoms with van der Waals surface area (Å²) in [6.07, 6.45) is 11.2. The summed E-state index contributed by atoms with van der Waals surface area (Å²) in [4.78, 5) is 22.8. The summed E-state index contributed by atoms with van der Waals surface area (Å²) in [6, 6.07) is 21.3. The molecule has 6 rings (SSSR count). The zero-order chi connectivity index (χ0) is 26.8. The first kappa shape index (κ1) is 26.0. The molecule has 1 saturated heterocycles. The first-order valence-corrected chi connectivity index (χ1v) is 15.1. The molecule has 3 aromatic heterocycles. The number of hydrogen-bond acceptors (Lipinski definition) is 5. The van der Waals surface area contributed by atoms with Crippen molar-refractivity contribution in [2.24, 2.45) is 0 Å². The van der Waals surface area contributed by atoms with Crippen molar-refractivity contribution in [1.29, 1.82) is 0 Å². The second kappa shape index (κ2) is 11.4. The van der Waals surface area contributed by atoms with Crippen molar-refractivity contribution < 1.29 is 0 Å². The normalized spacial score (nSPS) is 15.6. The van der Waals surface area contributed by atoms with Crippen LogP contribution in [0.5, 0.6) is 0 Å². The summed E-state index contributed by atoms with van der Waals surface area (Å²) in [7, 11) is 0. The topological polar surface area (TPSA) is 38.1 Å². The Bertz CT molecular complexity index is 1750. The number of thiophene rings is 2. The first-order chi connectivity index (χ1) is 19.1. The highest BCUT2D eigenvalue weighted by Crippen LogP contribution is 2.32. The van der Waals surface area contributed by atoms with Crippen LogP contribution in [0.15, 0.2) is 102 Å². The fourth-order valence-corrected chi connectivity index (χ4v) is 7.30. The molecule has 4 heterocycles. The SMILES string of the molecule is C=C/C(Cl)=C\C=C\c1cc2ncn(-c3ccc4sc(CN5CCC(c6ccccc6)CC5)cc4c3)c(=O)c2s1. The van der Waals surface area contributed by atoms with Crippen LogP contribution in [0.3, 0.4) is 0 Å². The van der Waals surface area contributed by atoms with Crippen LogP contribution in [0.1, 0.15) is 34.1 Å². The van der Waals surface area contributed by atoms with Crippen LogP contribution in [0.4, 0.5) is 0 Å². The summed E-state index contributed by atoms with van der Waals surface area (Å²) in [6.45, 7) is 6.86. The lowest BCUT2D eigenvalue weighted by Gasteiger charge is -2.31. The van der Waals surface area contributed by atoms with Gasteiger partial charge < -0.3 is 0 Å². The third-order valence-electron chi connectivity index (χ3n) is 7.23. The van der Waals surface area contributed by atoms with E-state index in [9.17, 15) is 4.79 Å². The molecule has 0 N–H and O–H groups in total. The van der Waals surface area contributed by atoms with Gasteiger partial charge in [-0.05, 0) is 85.3 Å². The summed E-state index contributed by atoms with van der Waals surface area (Å²) in [5, 5.41) is 1.73.